The maximum Gasteiger partial charge on any atom is 1.00 e. The SMILES string of the molecule is O.O=S(=O)([O-])O.OC[C@H]1O[C@@H]2O[C@H]3[C@H](O)[C@@H](O)[C@@H](O[C@H]4[C@H](O)[C@@H](O)[C@@H](O[C@H]5[C@H](O)[C@@H](O)[C@@H](O[C@H]6[C@H](O)[C@@H](O)[C@@H](O[C@H]7[C@H](O)[C@@H](O)[C@@H](O[C@H]1[C@H](O)[C@H]2O)O[C@@H]7CO)O[C@@H]6CO)O[C@@H]5CO)O[C@@H]4CO)O[C@@H]3CO.[Na+]. The van der Waals surface area contributed by atoms with Crippen molar-refractivity contribution in [3.8, 4) is 0 Å². The van der Waals surface area contributed by atoms with Crippen molar-refractivity contribution in [2.24, 2.45) is 0 Å². The maximum absolute atomic E-state index is 11.2. The smallest absolute Gasteiger partial charge is 0.726 e. The van der Waals surface area contributed by atoms with Gasteiger partial charge in [-0.25, -0.2) is 8.42 Å². The summed E-state index contributed by atoms with van der Waals surface area (Å²) in [7, 11) is -4.92. The van der Waals surface area contributed by atoms with Crippen LogP contribution >= 0.6 is 0 Å². The van der Waals surface area contributed by atoms with Gasteiger partial charge in [0.05, 0.1) is 39.6 Å². The van der Waals surface area contributed by atoms with Crippen LogP contribution in [-0.4, -0.2) is 339 Å². The van der Waals surface area contributed by atoms with Gasteiger partial charge in [-0.3, -0.25) is 4.55 Å². The molecule has 0 saturated carbocycles. The first-order valence-corrected chi connectivity index (χ1v) is 23.1. The van der Waals surface area contributed by atoms with Crippen LogP contribution in [-0.2, 0) is 67.2 Å². The maximum atomic E-state index is 11.2. The quantitative estimate of drug-likeness (QED) is 0.0667. The van der Waals surface area contributed by atoms with Crippen molar-refractivity contribution in [1.29, 1.82) is 0 Å². The van der Waals surface area contributed by atoms with Gasteiger partial charge in [-0.1, -0.05) is 0 Å². The molecule has 30 atom stereocenters. The summed E-state index contributed by atoms with van der Waals surface area (Å²) in [5, 5.41) is 196. The summed E-state index contributed by atoms with van der Waals surface area (Å²) in [6.45, 7) is -5.99. The minimum atomic E-state index is -4.92. The number of ether oxygens (including phenoxy) is 12. The summed E-state index contributed by atoms with van der Waals surface area (Å²) in [5.41, 5.74) is 0. The Bertz CT molecular complexity index is 1470. The van der Waals surface area contributed by atoms with Crippen molar-refractivity contribution < 1.29 is 201 Å². The monoisotopic (exact) mass is 1110 g/mol. The molecule has 0 aromatic heterocycles. The van der Waals surface area contributed by atoms with Crippen LogP contribution < -0.4 is 29.6 Å². The molecule has 21 N–H and O–H groups in total. The molecule has 424 valence electrons. The van der Waals surface area contributed by atoms with Gasteiger partial charge in [-0.15, -0.1) is 0 Å². The fourth-order valence-electron chi connectivity index (χ4n) is 8.93. The van der Waals surface area contributed by atoms with E-state index in [1.54, 1.807) is 0 Å². The summed E-state index contributed by atoms with van der Waals surface area (Å²) >= 11 is 0. The van der Waals surface area contributed by atoms with Gasteiger partial charge in [-0.05, 0) is 0 Å². The Balaban J connectivity index is 0.00000157. The van der Waals surface area contributed by atoms with E-state index in [9.17, 15) is 91.9 Å². The van der Waals surface area contributed by atoms with E-state index < -0.39 is 234 Å². The van der Waals surface area contributed by atoms with Crippen LogP contribution in [0.2, 0.25) is 0 Å². The Morgan fingerprint density at radius 1 is 0.288 bits per heavy atom. The van der Waals surface area contributed by atoms with Gasteiger partial charge in [0, 0.05) is 0 Å². The molecule has 35 nitrogen and oxygen atoms in total. The van der Waals surface area contributed by atoms with Crippen molar-refractivity contribution in [1.82, 2.24) is 0 Å². The molecular weight excluding hydrogens is 1050 g/mol. The van der Waals surface area contributed by atoms with Crippen LogP contribution in [0, 0.1) is 0 Å². The van der Waals surface area contributed by atoms with Crippen molar-refractivity contribution in [3.63, 3.8) is 0 Å². The molecular formula is C36H63NaO35S. The predicted octanol–water partition coefficient (Wildman–Crippen LogP) is -17.9. The average molecular weight is 1110 g/mol. The standard InChI is InChI=1S/C36H60O30.Na.H2O4S.H2O/c37-1-7-25-13(43)19(49)31(55-7)62-26-8(2-38)57-33(21(51)15(26)45)64-28-10(4-40)59-35(23(53)17(28)47)66-30-12(6-42)60-36(24(54)18(30)48)65-29-11(5-41)58-34(22(52)16(29)46)63-27-9(3-39)56-32(61-25)20(50)14(27)44;;1-5(2,3)4;/h7-54H,1-6H2;;(H2,1,2,3,4);1H2/q;+1;;/p-1/t7-,8-,9-,10-,11-,12-,13-,14-,15-,16-,17-,18-,19-,20-,21-,22-,23-,24-,25-,26-,27-,28-,29-,30-,31-,32-,33-,34-,35-,36-;;;/m1.../s1. The normalized spacial score (nSPS) is 50.8. The van der Waals surface area contributed by atoms with E-state index in [1.807, 2.05) is 0 Å². The largest absolute Gasteiger partial charge is 1.00 e. The number of aliphatic hydroxyl groups is 18. The third-order valence-corrected chi connectivity index (χ3v) is 12.7. The zero-order valence-electron chi connectivity index (χ0n) is 38.1. The first-order valence-electron chi connectivity index (χ1n) is 21.8. The molecule has 37 heteroatoms. The van der Waals surface area contributed by atoms with E-state index in [2.05, 4.69) is 0 Å². The second kappa shape index (κ2) is 27.7. The minimum absolute atomic E-state index is 0. The summed E-state index contributed by atoms with van der Waals surface area (Å²) in [5.74, 6) is 0. The second-order valence-electron chi connectivity index (χ2n) is 17.3. The molecule has 22 saturated heterocycles. The van der Waals surface area contributed by atoms with Gasteiger partial charge in [0.15, 0.2) is 37.7 Å². The molecule has 0 radical (unpaired) electrons. The van der Waals surface area contributed by atoms with Crippen molar-refractivity contribution in [2.45, 2.75) is 184 Å². The number of rotatable bonds is 6. The van der Waals surface area contributed by atoms with Crippen LogP contribution in [0.4, 0.5) is 0 Å². The Morgan fingerprint density at radius 2 is 0.397 bits per heavy atom. The molecule has 73 heavy (non-hydrogen) atoms. The molecule has 0 aromatic rings. The predicted molar refractivity (Wildman–Crippen MR) is 212 cm³/mol. The van der Waals surface area contributed by atoms with Gasteiger partial charge in [0.25, 0.3) is 0 Å². The molecule has 0 unspecified atom stereocenters. The number of hydrogen-bond donors (Lipinski definition) is 19. The summed E-state index contributed by atoms with van der Waals surface area (Å²) < 4.78 is 101. The van der Waals surface area contributed by atoms with Gasteiger partial charge in [0.2, 0.25) is 10.4 Å². The molecule has 0 spiro atoms. The molecule has 22 aliphatic rings. The average Bonchev–Trinajstić information content (AvgIpc) is 3.33. The van der Waals surface area contributed by atoms with Gasteiger partial charge < -0.3 is 159 Å². The Morgan fingerprint density at radius 3 is 0.493 bits per heavy atom. The minimum Gasteiger partial charge on any atom is -0.726 e. The van der Waals surface area contributed by atoms with E-state index >= 15 is 0 Å². The molecule has 0 aliphatic carbocycles. The Hall–Kier alpha value is -0.370. The van der Waals surface area contributed by atoms with Crippen molar-refractivity contribution >= 4 is 10.4 Å². The zero-order chi connectivity index (χ0) is 52.5. The fourth-order valence-corrected chi connectivity index (χ4v) is 8.93. The van der Waals surface area contributed by atoms with Crippen LogP contribution in [0.1, 0.15) is 0 Å². The van der Waals surface area contributed by atoms with Crippen LogP contribution in [0.25, 0.3) is 0 Å². The topological polar surface area (TPSA) is 584 Å². The first kappa shape index (κ1) is 65.2. The second-order valence-corrected chi connectivity index (χ2v) is 18.1. The summed E-state index contributed by atoms with van der Waals surface area (Å²) in [4.78, 5) is 0. The fraction of sp³-hybridized carbons (Fsp3) is 1.00. The molecule has 22 heterocycles. The Labute approximate surface area is 434 Å². The van der Waals surface area contributed by atoms with Gasteiger partial charge in [-0.2, -0.15) is 0 Å². The van der Waals surface area contributed by atoms with E-state index in [0.29, 0.717) is 0 Å². The molecule has 22 aliphatic heterocycles. The van der Waals surface area contributed by atoms with Crippen molar-refractivity contribution in [3.05, 3.63) is 0 Å². The van der Waals surface area contributed by atoms with Gasteiger partial charge >= 0.3 is 29.6 Å². The third-order valence-electron chi connectivity index (χ3n) is 12.7. The molecule has 22 rings (SSSR count). The zero-order valence-corrected chi connectivity index (χ0v) is 40.9. The number of hydrogen-bond acceptors (Lipinski definition) is 33. The van der Waals surface area contributed by atoms with Gasteiger partial charge in [0.1, 0.15) is 146 Å². The van der Waals surface area contributed by atoms with E-state index in [4.69, 9.17) is 74.4 Å². The van der Waals surface area contributed by atoms with E-state index in [0.717, 1.165) is 0 Å². The van der Waals surface area contributed by atoms with Crippen LogP contribution in [0.15, 0.2) is 0 Å². The van der Waals surface area contributed by atoms with Crippen LogP contribution in [0.5, 0.6) is 0 Å². The van der Waals surface area contributed by atoms with Crippen LogP contribution in [0.3, 0.4) is 0 Å². The van der Waals surface area contributed by atoms with Crippen molar-refractivity contribution in [2.75, 3.05) is 39.6 Å². The molecule has 12 bridgehead atoms. The van der Waals surface area contributed by atoms with E-state index in [1.165, 1.54) is 0 Å². The Kier molecular flexibility index (Phi) is 24.7. The third kappa shape index (κ3) is 14.3. The summed E-state index contributed by atoms with van der Waals surface area (Å²) in [6.07, 6.45) is -58.5. The first-order chi connectivity index (χ1) is 33.4. The molecule has 0 amide bonds. The molecule has 22 fully saturated rings. The molecule has 0 aromatic carbocycles. The number of aliphatic hydroxyl groups excluding tert-OH is 18. The van der Waals surface area contributed by atoms with E-state index in [-0.39, 0.29) is 35.0 Å². The summed E-state index contributed by atoms with van der Waals surface area (Å²) in [6, 6.07) is 0.